The number of rotatable bonds is 8. The Hall–Kier alpha value is -14.8. The second-order valence-electron chi connectivity index (χ2n) is 29.5. The molecule has 0 saturated heterocycles. The molecule has 520 valence electrons. The molecule has 0 aliphatic rings. The second-order valence-corrected chi connectivity index (χ2v) is 29.5. The quantitative estimate of drug-likeness (QED) is 0.142. The predicted molar refractivity (Wildman–Crippen MR) is 471 cm³/mol. The molecule has 4 aromatic heterocycles. The van der Waals surface area contributed by atoms with Crippen molar-refractivity contribution in [3.63, 3.8) is 0 Å². The minimum absolute atomic E-state index is 0.893. The average Bonchev–Trinajstić information content (AvgIpc) is 0.885. The largest absolute Gasteiger partial charge is 0.456 e. The molecule has 0 atom stereocenters. The fraction of sp³-hybridized carbons (Fsp3) is 0. The first-order valence-electron chi connectivity index (χ1n) is 38.3. The zero-order valence-electron chi connectivity index (χ0n) is 60.6. The maximum Gasteiger partial charge on any atom is 0.136 e. The average molecular weight is 1430 g/mol. The first kappa shape index (κ1) is 63.3. The highest BCUT2D eigenvalue weighted by molar-refractivity contribution is 6.27. The summed E-state index contributed by atoms with van der Waals surface area (Å²) in [5, 5.41) is 23.6. The zero-order chi connectivity index (χ0) is 73.5. The van der Waals surface area contributed by atoms with Crippen LogP contribution in [0.5, 0.6) is 0 Å². The molecule has 4 nitrogen and oxygen atoms in total. The smallest absolute Gasteiger partial charge is 0.136 e. The summed E-state index contributed by atoms with van der Waals surface area (Å²) in [4.78, 5) is 0. The molecule has 0 N–H and O–H groups in total. The van der Waals surface area contributed by atoms with Gasteiger partial charge < -0.3 is 17.7 Å². The fourth-order valence-corrected chi connectivity index (χ4v) is 18.3. The summed E-state index contributed by atoms with van der Waals surface area (Å²) in [5.41, 5.74) is 26.3. The van der Waals surface area contributed by atoms with Crippen molar-refractivity contribution in [1.29, 1.82) is 0 Å². The first-order chi connectivity index (χ1) is 55.5. The van der Waals surface area contributed by atoms with Crippen molar-refractivity contribution in [2.75, 3.05) is 0 Å². The summed E-state index contributed by atoms with van der Waals surface area (Å²) in [7, 11) is 0. The zero-order valence-corrected chi connectivity index (χ0v) is 60.6. The fourth-order valence-electron chi connectivity index (χ4n) is 18.3. The van der Waals surface area contributed by atoms with E-state index < -0.39 is 0 Å². The summed E-state index contributed by atoms with van der Waals surface area (Å²) in [6.45, 7) is 0. The van der Waals surface area contributed by atoms with Gasteiger partial charge in [0.05, 0.1) is 0 Å². The lowest BCUT2D eigenvalue weighted by Crippen LogP contribution is -1.92. The van der Waals surface area contributed by atoms with E-state index in [-0.39, 0.29) is 0 Å². The van der Waals surface area contributed by atoms with Crippen molar-refractivity contribution in [2.45, 2.75) is 0 Å². The van der Waals surface area contributed by atoms with Gasteiger partial charge in [-0.15, -0.1) is 0 Å². The van der Waals surface area contributed by atoms with Gasteiger partial charge in [0.1, 0.15) is 44.7 Å². The van der Waals surface area contributed by atoms with E-state index in [0.29, 0.717) is 0 Å². The van der Waals surface area contributed by atoms with Gasteiger partial charge in [-0.2, -0.15) is 0 Å². The van der Waals surface area contributed by atoms with E-state index in [0.717, 1.165) is 110 Å². The predicted octanol–water partition coefficient (Wildman–Crippen LogP) is 31.2. The molecule has 0 amide bonds. The summed E-state index contributed by atoms with van der Waals surface area (Å²) < 4.78 is 25.3. The number of hydrogen-bond acceptors (Lipinski definition) is 4. The van der Waals surface area contributed by atoms with Gasteiger partial charge in [-0.1, -0.05) is 303 Å². The molecule has 0 aliphatic heterocycles. The second kappa shape index (κ2) is 25.4. The standard InChI is InChI=1S/2C54H32O2/c1-2-13-33(14-3-1)34-29-30-36-35(31-34)15-8-20-39(36)52-42-21-9-18-37(40-23-11-27-50-53(40)44-16-4-6-25-48(44)55-50)46(42)32-47-38(19-10-22-43(47)52)41-24-12-28-51-54(41)45-17-5-7-26-49(45)56-51;1-2-11-33(12-3-1)34-23-26-40-35(29-34)13-8-18-43(40)54-44-19-9-16-38(36-24-27-52-48(30-36)41-14-4-6-21-50(41)55-52)46(44)32-47-39(17-10-20-45(47)54)37-25-28-53-49(31-37)42-15-5-7-22-51(42)56-53/h2*1-32H. The van der Waals surface area contributed by atoms with Crippen molar-refractivity contribution in [3.8, 4) is 89.0 Å². The van der Waals surface area contributed by atoms with E-state index in [1.807, 2.05) is 36.4 Å². The summed E-state index contributed by atoms with van der Waals surface area (Å²) >= 11 is 0. The van der Waals surface area contributed by atoms with E-state index in [4.69, 9.17) is 17.7 Å². The third kappa shape index (κ3) is 10.1. The molecule has 0 saturated carbocycles. The molecule has 4 heteroatoms. The molecule has 0 fully saturated rings. The van der Waals surface area contributed by atoms with Crippen LogP contribution in [0.3, 0.4) is 0 Å². The Morgan fingerprint density at radius 2 is 0.420 bits per heavy atom. The monoisotopic (exact) mass is 1420 g/mol. The van der Waals surface area contributed by atoms with Crippen LogP contribution in [-0.4, -0.2) is 0 Å². The van der Waals surface area contributed by atoms with E-state index in [9.17, 15) is 0 Å². The van der Waals surface area contributed by atoms with Crippen molar-refractivity contribution >= 4 is 152 Å². The van der Waals surface area contributed by atoms with Gasteiger partial charge in [0.2, 0.25) is 0 Å². The molecule has 0 aliphatic carbocycles. The van der Waals surface area contributed by atoms with E-state index in [1.54, 1.807) is 0 Å². The van der Waals surface area contributed by atoms with Gasteiger partial charge in [-0.05, 0) is 239 Å². The summed E-state index contributed by atoms with van der Waals surface area (Å²) in [6, 6.07) is 140. The lowest BCUT2D eigenvalue weighted by molar-refractivity contribution is 0.668. The maximum absolute atomic E-state index is 6.42. The van der Waals surface area contributed by atoms with Crippen LogP contribution in [0.4, 0.5) is 0 Å². The Kier molecular flexibility index (Phi) is 14.3. The topological polar surface area (TPSA) is 52.6 Å². The van der Waals surface area contributed by atoms with Gasteiger partial charge in [-0.3, -0.25) is 0 Å². The van der Waals surface area contributed by atoms with Gasteiger partial charge >= 0.3 is 0 Å². The third-order valence-electron chi connectivity index (χ3n) is 23.4. The highest BCUT2D eigenvalue weighted by atomic mass is 16.3. The number of benzene rings is 20. The van der Waals surface area contributed by atoms with Gasteiger partial charge in [0.15, 0.2) is 0 Å². The normalized spacial score (nSPS) is 11.9. The molecule has 24 aromatic rings. The molecular weight excluding hydrogens is 1360 g/mol. The minimum atomic E-state index is 0.893. The van der Waals surface area contributed by atoms with Gasteiger partial charge in [-0.25, -0.2) is 0 Å². The number of para-hydroxylation sites is 4. The number of furan rings is 4. The van der Waals surface area contributed by atoms with E-state index in [2.05, 4.69) is 352 Å². The lowest BCUT2D eigenvalue weighted by atomic mass is 9.84. The highest BCUT2D eigenvalue weighted by Crippen LogP contribution is 2.51. The Balaban J connectivity index is 0.000000134. The molecule has 0 unspecified atom stereocenters. The van der Waals surface area contributed by atoms with Gasteiger partial charge in [0.25, 0.3) is 0 Å². The van der Waals surface area contributed by atoms with Crippen LogP contribution < -0.4 is 0 Å². The Morgan fingerprint density at radius 1 is 0.125 bits per heavy atom. The Bertz CT molecular complexity index is 7660. The van der Waals surface area contributed by atoms with Gasteiger partial charge in [0, 0.05) is 43.1 Å². The van der Waals surface area contributed by atoms with E-state index >= 15 is 0 Å². The van der Waals surface area contributed by atoms with Crippen LogP contribution >= 0.6 is 0 Å². The molecule has 20 aromatic carbocycles. The van der Waals surface area contributed by atoms with Crippen LogP contribution in [0.2, 0.25) is 0 Å². The van der Waals surface area contributed by atoms with Crippen molar-refractivity contribution in [3.05, 3.63) is 388 Å². The van der Waals surface area contributed by atoms with Crippen molar-refractivity contribution in [1.82, 2.24) is 0 Å². The van der Waals surface area contributed by atoms with Crippen molar-refractivity contribution < 1.29 is 17.7 Å². The van der Waals surface area contributed by atoms with Crippen molar-refractivity contribution in [2.24, 2.45) is 0 Å². The van der Waals surface area contributed by atoms with E-state index in [1.165, 1.54) is 131 Å². The molecule has 0 spiro atoms. The number of hydrogen-bond donors (Lipinski definition) is 0. The highest BCUT2D eigenvalue weighted by Gasteiger charge is 2.24. The Labute approximate surface area is 643 Å². The molecule has 112 heavy (non-hydrogen) atoms. The number of fused-ring (bicyclic) bond motifs is 18. The summed E-state index contributed by atoms with van der Waals surface area (Å²) in [6.07, 6.45) is 0. The minimum Gasteiger partial charge on any atom is -0.456 e. The first-order valence-corrected chi connectivity index (χ1v) is 38.3. The van der Waals surface area contributed by atoms with Crippen LogP contribution in [-0.2, 0) is 0 Å². The summed E-state index contributed by atoms with van der Waals surface area (Å²) in [5.74, 6) is 0. The molecule has 0 bridgehead atoms. The maximum atomic E-state index is 6.42. The SMILES string of the molecule is c1ccc(-c2ccc3c(-c4c5cccc(-c6ccc7oc8ccccc8c7c6)c5cc5c(-c6ccc7oc8ccccc8c7c6)cccc45)cccc3c2)cc1.c1ccc(-c2ccc3c(-c4c5cccc(-c6cccc7oc8ccccc8c67)c5cc5c(-c6cccc7oc8ccccc8c67)cccc45)cccc3c2)cc1. The Morgan fingerprint density at radius 3 is 0.848 bits per heavy atom. The van der Waals surface area contributed by atoms with Crippen LogP contribution in [0, 0.1) is 0 Å². The molecule has 4 heterocycles. The third-order valence-corrected chi connectivity index (χ3v) is 23.4. The molecule has 24 rings (SSSR count). The molecule has 0 radical (unpaired) electrons. The van der Waals surface area contributed by atoms with Crippen LogP contribution in [0.15, 0.2) is 406 Å². The van der Waals surface area contributed by atoms with Crippen LogP contribution in [0.1, 0.15) is 0 Å². The lowest BCUT2D eigenvalue weighted by Gasteiger charge is -2.19. The van der Waals surface area contributed by atoms with Crippen LogP contribution in [0.25, 0.3) is 241 Å². The molecular formula is C108H64O4.